The molecule has 134 valence electrons. The lowest BCUT2D eigenvalue weighted by molar-refractivity contribution is -0.222. The van der Waals surface area contributed by atoms with Crippen LogP contribution >= 0.6 is 0 Å². The fraction of sp³-hybridized carbons (Fsp3) is 0.412. The maximum Gasteiger partial charge on any atom is 0.350 e. The van der Waals surface area contributed by atoms with Crippen molar-refractivity contribution in [2.45, 2.75) is 32.5 Å². The van der Waals surface area contributed by atoms with Crippen LogP contribution in [0.3, 0.4) is 0 Å². The Hall–Kier alpha value is -2.64. The Labute approximate surface area is 142 Å². The molecule has 1 saturated carbocycles. The Bertz CT molecular complexity index is 710. The van der Waals surface area contributed by atoms with E-state index in [1.807, 2.05) is 0 Å². The van der Waals surface area contributed by atoms with Crippen molar-refractivity contribution in [2.75, 3.05) is 11.9 Å². The average Bonchev–Trinajstić information content (AvgIpc) is 3.28. The molecule has 0 aromatic heterocycles. The first-order valence-corrected chi connectivity index (χ1v) is 7.80. The van der Waals surface area contributed by atoms with Crippen LogP contribution in [0.1, 0.15) is 26.7 Å². The molecule has 0 radical (unpaired) electrons. The molecule has 6 nitrogen and oxygen atoms in total. The molecular weight excluding hydrogens is 336 g/mol. The standard InChI is InChI=1S/C17H17F2NO5/c1-17(2)24-15(21)11(16(22)25-17)7-20-10-5-12(18)14(13(19)6-10)23-8-9-3-4-9/h5-7,9,20H,3-4,8H2,1-2H3. The zero-order valence-electron chi connectivity index (χ0n) is 13.7. The van der Waals surface area contributed by atoms with E-state index in [1.54, 1.807) is 0 Å². The van der Waals surface area contributed by atoms with Gasteiger partial charge in [-0.05, 0) is 18.8 Å². The van der Waals surface area contributed by atoms with Crippen LogP contribution in [-0.2, 0) is 19.1 Å². The van der Waals surface area contributed by atoms with Gasteiger partial charge in [-0.1, -0.05) is 0 Å². The van der Waals surface area contributed by atoms with Crippen molar-refractivity contribution >= 4 is 17.6 Å². The highest BCUT2D eigenvalue weighted by molar-refractivity contribution is 6.15. The zero-order chi connectivity index (χ0) is 18.2. The lowest BCUT2D eigenvalue weighted by Gasteiger charge is -2.29. The van der Waals surface area contributed by atoms with Gasteiger partial charge >= 0.3 is 11.9 Å². The number of benzene rings is 1. The minimum absolute atomic E-state index is 0.00621. The molecule has 0 atom stereocenters. The number of anilines is 1. The van der Waals surface area contributed by atoms with Gasteiger partial charge in [-0.15, -0.1) is 0 Å². The second-order valence-corrected chi connectivity index (χ2v) is 6.40. The SMILES string of the molecule is CC1(C)OC(=O)C(=CNc2cc(F)c(OCC3CC3)c(F)c2)C(=O)O1. The molecule has 8 heteroatoms. The van der Waals surface area contributed by atoms with Gasteiger partial charge in [0.15, 0.2) is 23.0 Å². The van der Waals surface area contributed by atoms with E-state index in [4.69, 9.17) is 14.2 Å². The van der Waals surface area contributed by atoms with E-state index in [0.717, 1.165) is 31.2 Å². The number of cyclic esters (lactones) is 2. The molecule has 0 spiro atoms. The molecule has 1 aromatic rings. The monoisotopic (exact) mass is 353 g/mol. The molecule has 0 unspecified atom stereocenters. The van der Waals surface area contributed by atoms with Crippen LogP contribution in [-0.4, -0.2) is 24.3 Å². The molecule has 1 saturated heterocycles. The van der Waals surface area contributed by atoms with Gasteiger partial charge in [-0.25, -0.2) is 18.4 Å². The minimum Gasteiger partial charge on any atom is -0.487 e. The summed E-state index contributed by atoms with van der Waals surface area (Å²) in [5.41, 5.74) is -0.402. The summed E-state index contributed by atoms with van der Waals surface area (Å²) >= 11 is 0. The third-order valence-electron chi connectivity index (χ3n) is 3.66. The summed E-state index contributed by atoms with van der Waals surface area (Å²) in [6.07, 6.45) is 2.98. The highest BCUT2D eigenvalue weighted by atomic mass is 19.1. The summed E-state index contributed by atoms with van der Waals surface area (Å²) in [4.78, 5) is 23.6. The van der Waals surface area contributed by atoms with Gasteiger partial charge in [0.2, 0.25) is 0 Å². The topological polar surface area (TPSA) is 73.9 Å². The van der Waals surface area contributed by atoms with E-state index in [0.29, 0.717) is 5.92 Å². The third-order valence-corrected chi connectivity index (χ3v) is 3.66. The molecule has 1 aromatic carbocycles. The quantitative estimate of drug-likeness (QED) is 0.498. The maximum absolute atomic E-state index is 14.0. The van der Waals surface area contributed by atoms with Crippen LogP contribution in [0, 0.1) is 17.6 Å². The predicted molar refractivity (Wildman–Crippen MR) is 82.5 cm³/mol. The molecule has 2 aliphatic rings. The fourth-order valence-electron chi connectivity index (χ4n) is 2.20. The molecule has 1 N–H and O–H groups in total. The number of hydrogen-bond donors (Lipinski definition) is 1. The third kappa shape index (κ3) is 4.07. The number of hydrogen-bond acceptors (Lipinski definition) is 6. The summed E-state index contributed by atoms with van der Waals surface area (Å²) in [5.74, 6) is -4.98. The lowest BCUT2D eigenvalue weighted by Crippen LogP contribution is -2.42. The predicted octanol–water partition coefficient (Wildman–Crippen LogP) is 2.89. The van der Waals surface area contributed by atoms with Gasteiger partial charge in [0.05, 0.1) is 6.61 Å². The number of carbonyl (C=O) groups excluding carboxylic acids is 2. The van der Waals surface area contributed by atoms with Crippen molar-refractivity contribution in [2.24, 2.45) is 5.92 Å². The highest BCUT2D eigenvalue weighted by Gasteiger charge is 2.39. The van der Waals surface area contributed by atoms with E-state index in [-0.39, 0.29) is 12.3 Å². The van der Waals surface area contributed by atoms with E-state index >= 15 is 0 Å². The van der Waals surface area contributed by atoms with Crippen LogP contribution in [0.25, 0.3) is 0 Å². The second-order valence-electron chi connectivity index (χ2n) is 6.40. The van der Waals surface area contributed by atoms with Crippen molar-refractivity contribution in [1.82, 2.24) is 0 Å². The fourth-order valence-corrected chi connectivity index (χ4v) is 2.20. The van der Waals surface area contributed by atoms with E-state index in [1.165, 1.54) is 13.8 Å². The smallest absolute Gasteiger partial charge is 0.350 e. The molecule has 1 heterocycles. The highest BCUT2D eigenvalue weighted by Crippen LogP contribution is 2.32. The van der Waals surface area contributed by atoms with Gasteiger partial charge in [-0.3, -0.25) is 0 Å². The van der Waals surface area contributed by atoms with Gasteiger partial charge in [0.1, 0.15) is 0 Å². The largest absolute Gasteiger partial charge is 0.487 e. The first-order chi connectivity index (χ1) is 11.7. The second kappa shape index (κ2) is 6.34. The van der Waals surface area contributed by atoms with E-state index in [2.05, 4.69) is 5.32 Å². The molecule has 25 heavy (non-hydrogen) atoms. The Morgan fingerprint density at radius 1 is 1.20 bits per heavy atom. The van der Waals surface area contributed by atoms with Crippen LogP contribution in [0.5, 0.6) is 5.75 Å². The summed E-state index contributed by atoms with van der Waals surface area (Å²) in [6, 6.07) is 2.01. The van der Waals surface area contributed by atoms with Crippen LogP contribution in [0.15, 0.2) is 23.9 Å². The van der Waals surface area contributed by atoms with Crippen molar-refractivity contribution in [1.29, 1.82) is 0 Å². The summed E-state index contributed by atoms with van der Waals surface area (Å²) < 4.78 is 43.0. The molecular formula is C17H17F2NO5. The number of ether oxygens (including phenoxy) is 3. The average molecular weight is 353 g/mol. The molecule has 3 rings (SSSR count). The Morgan fingerprint density at radius 2 is 1.76 bits per heavy atom. The normalized spacial score (nSPS) is 19.1. The molecule has 1 aliphatic carbocycles. The molecule has 0 amide bonds. The Morgan fingerprint density at radius 3 is 2.28 bits per heavy atom. The van der Waals surface area contributed by atoms with Crippen molar-refractivity contribution < 1.29 is 32.6 Å². The number of halogens is 2. The van der Waals surface area contributed by atoms with Crippen LogP contribution < -0.4 is 10.1 Å². The van der Waals surface area contributed by atoms with Gasteiger partial charge in [0, 0.05) is 37.9 Å². The van der Waals surface area contributed by atoms with Crippen LogP contribution in [0.2, 0.25) is 0 Å². The summed E-state index contributed by atoms with van der Waals surface area (Å²) in [7, 11) is 0. The van der Waals surface area contributed by atoms with E-state index < -0.39 is 40.7 Å². The summed E-state index contributed by atoms with van der Waals surface area (Å²) in [5, 5.41) is 2.49. The Kier molecular flexibility index (Phi) is 4.36. The Balaban J connectivity index is 1.72. The zero-order valence-corrected chi connectivity index (χ0v) is 13.7. The lowest BCUT2D eigenvalue weighted by atomic mass is 10.2. The summed E-state index contributed by atoms with van der Waals surface area (Å²) in [6.45, 7) is 3.11. The minimum atomic E-state index is -1.36. The van der Waals surface area contributed by atoms with Crippen molar-refractivity contribution in [3.8, 4) is 5.75 Å². The van der Waals surface area contributed by atoms with Gasteiger partial charge < -0.3 is 19.5 Å². The van der Waals surface area contributed by atoms with Gasteiger partial charge in [0.25, 0.3) is 5.79 Å². The van der Waals surface area contributed by atoms with Gasteiger partial charge in [-0.2, -0.15) is 0 Å². The first kappa shape index (κ1) is 17.2. The maximum atomic E-state index is 14.0. The molecule has 1 aliphatic heterocycles. The van der Waals surface area contributed by atoms with E-state index in [9.17, 15) is 18.4 Å². The number of nitrogens with one attached hydrogen (secondary N) is 1. The van der Waals surface area contributed by atoms with Crippen molar-refractivity contribution in [3.63, 3.8) is 0 Å². The first-order valence-electron chi connectivity index (χ1n) is 7.80. The number of esters is 2. The van der Waals surface area contributed by atoms with Crippen molar-refractivity contribution in [3.05, 3.63) is 35.5 Å². The molecule has 2 fully saturated rings. The molecule has 0 bridgehead atoms. The number of carbonyl (C=O) groups is 2. The number of rotatable bonds is 5. The van der Waals surface area contributed by atoms with Crippen LogP contribution in [0.4, 0.5) is 14.5 Å².